The van der Waals surface area contributed by atoms with Crippen molar-refractivity contribution in [2.75, 3.05) is 39.6 Å². The fourth-order valence-electron chi connectivity index (χ4n) is 12.7. The first-order valence-electron chi connectivity index (χ1n) is 42.5. The van der Waals surface area contributed by atoms with E-state index in [1.165, 1.54) is 250 Å². The summed E-state index contributed by atoms with van der Waals surface area (Å²) in [4.78, 5) is 73.0. The van der Waals surface area contributed by atoms with Gasteiger partial charge in [0.15, 0.2) is 12.2 Å². The maximum absolute atomic E-state index is 13.1. The van der Waals surface area contributed by atoms with E-state index in [4.69, 9.17) is 37.0 Å². The zero-order chi connectivity index (χ0) is 74.2. The lowest BCUT2D eigenvalue weighted by molar-refractivity contribution is -0.161. The molecule has 0 aromatic rings. The van der Waals surface area contributed by atoms with Crippen LogP contribution in [-0.4, -0.2) is 96.7 Å². The maximum atomic E-state index is 13.1. The molecule has 0 aromatic heterocycles. The SMILES string of the molecule is CCCCCCCCCCCCCCCCCCCCCC(=O)O[C@H](COC(=O)CCCCCCCCCCCCCCCCC(C)C)COP(=O)(O)OC[C@@H](O)COP(=O)(O)OC[C@@H](COC(=O)CCCCCCCCCCC)OC(=O)CCCCCCCCCCCCCCCC(C)C. The summed E-state index contributed by atoms with van der Waals surface area (Å²) in [6.07, 6.45) is 63.8. The van der Waals surface area contributed by atoms with Gasteiger partial charge in [0.05, 0.1) is 26.4 Å². The number of aliphatic hydroxyl groups excluding tert-OH is 1. The first kappa shape index (κ1) is 99.1. The van der Waals surface area contributed by atoms with Gasteiger partial charge in [-0.25, -0.2) is 9.13 Å². The monoisotopic (exact) mass is 1480 g/mol. The summed E-state index contributed by atoms with van der Waals surface area (Å²) < 4.78 is 68.7. The van der Waals surface area contributed by atoms with Gasteiger partial charge in [-0.1, -0.05) is 382 Å². The molecule has 600 valence electrons. The average Bonchev–Trinajstić information content (AvgIpc) is 0.961. The van der Waals surface area contributed by atoms with Gasteiger partial charge in [-0.2, -0.15) is 0 Å². The van der Waals surface area contributed by atoms with E-state index in [-0.39, 0.29) is 25.7 Å². The topological polar surface area (TPSA) is 237 Å². The zero-order valence-corrected chi connectivity index (χ0v) is 68.0. The molecule has 0 aliphatic heterocycles. The number of rotatable bonds is 81. The molecule has 0 heterocycles. The van der Waals surface area contributed by atoms with Crippen molar-refractivity contribution in [3.63, 3.8) is 0 Å². The van der Waals surface area contributed by atoms with Crippen LogP contribution in [-0.2, 0) is 65.4 Å². The maximum Gasteiger partial charge on any atom is 0.472 e. The van der Waals surface area contributed by atoms with Gasteiger partial charge in [-0.05, 0) is 37.5 Å². The predicted molar refractivity (Wildman–Crippen MR) is 414 cm³/mol. The van der Waals surface area contributed by atoms with Gasteiger partial charge < -0.3 is 33.8 Å². The highest BCUT2D eigenvalue weighted by atomic mass is 31.2. The highest BCUT2D eigenvalue weighted by molar-refractivity contribution is 7.47. The van der Waals surface area contributed by atoms with Crippen molar-refractivity contribution in [2.45, 2.75) is 452 Å². The molecule has 0 fully saturated rings. The first-order valence-corrected chi connectivity index (χ1v) is 45.5. The van der Waals surface area contributed by atoms with E-state index in [1.54, 1.807) is 0 Å². The summed E-state index contributed by atoms with van der Waals surface area (Å²) in [5.74, 6) is -0.521. The van der Waals surface area contributed by atoms with Crippen molar-refractivity contribution in [3.8, 4) is 0 Å². The van der Waals surface area contributed by atoms with E-state index >= 15 is 0 Å². The van der Waals surface area contributed by atoms with Crippen molar-refractivity contribution >= 4 is 39.5 Å². The van der Waals surface area contributed by atoms with Gasteiger partial charge in [0.25, 0.3) is 0 Å². The number of hydrogen-bond acceptors (Lipinski definition) is 15. The number of carbonyl (C=O) groups excluding carboxylic acids is 4. The minimum absolute atomic E-state index is 0.107. The molecule has 2 unspecified atom stereocenters. The first-order chi connectivity index (χ1) is 48.9. The zero-order valence-electron chi connectivity index (χ0n) is 66.2. The molecule has 0 aromatic carbocycles. The van der Waals surface area contributed by atoms with E-state index in [0.717, 1.165) is 102 Å². The Hall–Kier alpha value is -1.94. The summed E-state index contributed by atoms with van der Waals surface area (Å²) in [6, 6.07) is 0. The lowest BCUT2D eigenvalue weighted by atomic mass is 10.0. The lowest BCUT2D eigenvalue weighted by Gasteiger charge is -2.21. The van der Waals surface area contributed by atoms with Crippen LogP contribution in [0.15, 0.2) is 0 Å². The van der Waals surface area contributed by atoms with Gasteiger partial charge in [0, 0.05) is 25.7 Å². The van der Waals surface area contributed by atoms with Crippen molar-refractivity contribution in [1.82, 2.24) is 0 Å². The van der Waals surface area contributed by atoms with E-state index < -0.39 is 97.5 Å². The number of hydrogen-bond donors (Lipinski definition) is 3. The van der Waals surface area contributed by atoms with E-state index in [0.29, 0.717) is 25.7 Å². The van der Waals surface area contributed by atoms with Crippen LogP contribution < -0.4 is 0 Å². The van der Waals surface area contributed by atoms with Crippen LogP contribution in [0.2, 0.25) is 0 Å². The molecule has 0 aliphatic carbocycles. The Morgan fingerprint density at radius 2 is 0.455 bits per heavy atom. The van der Waals surface area contributed by atoms with E-state index in [1.807, 2.05) is 0 Å². The Balaban J connectivity index is 5.22. The fraction of sp³-hybridized carbons (Fsp3) is 0.951. The summed E-state index contributed by atoms with van der Waals surface area (Å²) in [5, 5.41) is 10.6. The fourth-order valence-corrected chi connectivity index (χ4v) is 14.3. The van der Waals surface area contributed by atoms with Crippen molar-refractivity contribution in [3.05, 3.63) is 0 Å². The number of phosphoric ester groups is 2. The number of phosphoric acid groups is 2. The highest BCUT2D eigenvalue weighted by Crippen LogP contribution is 2.45. The Bertz CT molecular complexity index is 1940. The van der Waals surface area contributed by atoms with Crippen LogP contribution in [0.1, 0.15) is 433 Å². The van der Waals surface area contributed by atoms with Crippen LogP contribution in [0.3, 0.4) is 0 Å². The van der Waals surface area contributed by atoms with Crippen LogP contribution in [0.25, 0.3) is 0 Å². The van der Waals surface area contributed by atoms with Crippen LogP contribution >= 0.6 is 15.6 Å². The molecular formula is C82H160O17P2. The van der Waals surface area contributed by atoms with Gasteiger partial charge in [0.2, 0.25) is 0 Å². The number of aliphatic hydroxyl groups is 1. The molecular weight excluding hydrogens is 1320 g/mol. The summed E-state index contributed by atoms with van der Waals surface area (Å²) >= 11 is 0. The number of carbonyl (C=O) groups is 4. The second-order valence-electron chi connectivity index (χ2n) is 30.5. The standard InChI is InChI=1S/C82H160O17P2/c1-7-9-11-13-15-17-18-19-20-21-22-23-24-31-36-42-48-54-60-66-81(86)99-78(71-93-80(85)65-59-53-47-41-35-30-26-25-28-33-39-44-50-56-62-74(3)4)73-97-101(90,91)95-69-76(83)68-94-100(88,89)96-72-77(70-92-79(84)64-58-52-46-38-16-14-12-10-8-2)98-82(87)67-61-55-49-43-37-32-27-29-34-40-45-51-57-63-75(5)6/h74-78,83H,7-73H2,1-6H3,(H,88,89)(H,90,91)/t76-,77+,78+/m0/s1. The molecule has 17 nitrogen and oxygen atoms in total. The normalized spacial score (nSPS) is 13.9. The van der Waals surface area contributed by atoms with Crippen molar-refractivity contribution < 1.29 is 80.2 Å². The molecule has 3 N–H and O–H groups in total. The van der Waals surface area contributed by atoms with Gasteiger partial charge in [0.1, 0.15) is 19.3 Å². The van der Waals surface area contributed by atoms with E-state index in [9.17, 15) is 43.2 Å². The Morgan fingerprint density at radius 1 is 0.267 bits per heavy atom. The van der Waals surface area contributed by atoms with Gasteiger partial charge in [-0.15, -0.1) is 0 Å². The Morgan fingerprint density at radius 3 is 0.673 bits per heavy atom. The molecule has 0 spiro atoms. The summed E-state index contributed by atoms with van der Waals surface area (Å²) in [5.41, 5.74) is 0. The van der Waals surface area contributed by atoms with Crippen molar-refractivity contribution in [2.24, 2.45) is 11.8 Å². The molecule has 19 heteroatoms. The molecule has 0 saturated carbocycles. The largest absolute Gasteiger partial charge is 0.472 e. The minimum Gasteiger partial charge on any atom is -0.462 e. The third-order valence-corrected chi connectivity index (χ3v) is 21.1. The van der Waals surface area contributed by atoms with E-state index in [2.05, 4.69) is 41.5 Å². The predicted octanol–water partition coefficient (Wildman–Crippen LogP) is 24.7. The Labute approximate surface area is 619 Å². The highest BCUT2D eigenvalue weighted by Gasteiger charge is 2.30. The molecule has 0 rings (SSSR count). The summed E-state index contributed by atoms with van der Waals surface area (Å²) in [7, 11) is -9.92. The number of unbranched alkanes of at least 4 members (excludes halogenated alkanes) is 51. The quantitative estimate of drug-likeness (QED) is 0.0222. The minimum atomic E-state index is -4.96. The molecule has 0 saturated heterocycles. The van der Waals surface area contributed by atoms with Gasteiger partial charge in [-0.3, -0.25) is 37.3 Å². The van der Waals surface area contributed by atoms with Crippen LogP contribution in [0.4, 0.5) is 0 Å². The number of esters is 4. The second-order valence-corrected chi connectivity index (χ2v) is 33.4. The molecule has 101 heavy (non-hydrogen) atoms. The van der Waals surface area contributed by atoms with Crippen LogP contribution in [0, 0.1) is 11.8 Å². The molecule has 0 aliphatic rings. The molecule has 5 atom stereocenters. The Kier molecular flexibility index (Phi) is 72.2. The smallest absolute Gasteiger partial charge is 0.462 e. The summed E-state index contributed by atoms with van der Waals surface area (Å²) in [6.45, 7) is 9.67. The molecule has 0 bridgehead atoms. The third kappa shape index (κ3) is 76.1. The number of ether oxygens (including phenoxy) is 4. The third-order valence-electron chi connectivity index (χ3n) is 19.2. The second kappa shape index (κ2) is 73.6. The average molecular weight is 1480 g/mol. The van der Waals surface area contributed by atoms with Gasteiger partial charge >= 0.3 is 39.5 Å². The molecule has 0 radical (unpaired) electrons. The van der Waals surface area contributed by atoms with Crippen molar-refractivity contribution in [1.29, 1.82) is 0 Å². The van der Waals surface area contributed by atoms with Crippen LogP contribution in [0.5, 0.6) is 0 Å². The molecule has 0 amide bonds. The lowest BCUT2D eigenvalue weighted by Crippen LogP contribution is -2.30.